The van der Waals surface area contributed by atoms with Crippen LogP contribution in [0.25, 0.3) is 0 Å². The maximum Gasteiger partial charge on any atom is 0.251 e. The molecule has 0 atom stereocenters. The third kappa shape index (κ3) is 3.27. The highest BCUT2D eigenvalue weighted by Crippen LogP contribution is 2.07. The summed E-state index contributed by atoms with van der Waals surface area (Å²) in [6, 6.07) is 11.7. The van der Waals surface area contributed by atoms with Gasteiger partial charge in [0.05, 0.1) is 6.54 Å². The van der Waals surface area contributed by atoms with Crippen LogP contribution >= 0.6 is 0 Å². The molecule has 2 aromatic rings. The Morgan fingerprint density at radius 1 is 1.20 bits per heavy atom. The minimum atomic E-state index is -0.0526. The van der Waals surface area contributed by atoms with Gasteiger partial charge in [0.15, 0.2) is 0 Å². The summed E-state index contributed by atoms with van der Waals surface area (Å²) in [5, 5.41) is 2.94. The summed E-state index contributed by atoms with van der Waals surface area (Å²) in [7, 11) is 2.00. The minimum absolute atomic E-state index is 0.0526. The van der Waals surface area contributed by atoms with Crippen LogP contribution in [0, 0.1) is 6.92 Å². The number of carbonyl (C=O) groups excluding carboxylic acids is 1. The zero-order valence-electron chi connectivity index (χ0n) is 12.0. The van der Waals surface area contributed by atoms with E-state index in [1.807, 2.05) is 50.4 Å². The number of nitrogens with two attached hydrogens (primary N) is 1. The highest BCUT2D eigenvalue weighted by atomic mass is 16.1. The van der Waals surface area contributed by atoms with Gasteiger partial charge in [-0.05, 0) is 49.7 Å². The molecule has 20 heavy (non-hydrogen) atoms. The van der Waals surface area contributed by atoms with Crippen molar-refractivity contribution in [3.05, 3.63) is 58.9 Å². The molecular formula is C16H21N3O. The van der Waals surface area contributed by atoms with E-state index in [1.165, 1.54) is 5.69 Å². The molecule has 0 aliphatic heterocycles. The van der Waals surface area contributed by atoms with Crippen LogP contribution in [0.1, 0.15) is 27.3 Å². The molecule has 0 bridgehead atoms. The van der Waals surface area contributed by atoms with E-state index in [-0.39, 0.29) is 5.91 Å². The Morgan fingerprint density at radius 2 is 1.90 bits per heavy atom. The molecule has 2 rings (SSSR count). The van der Waals surface area contributed by atoms with Gasteiger partial charge in [-0.25, -0.2) is 0 Å². The van der Waals surface area contributed by atoms with E-state index in [2.05, 4.69) is 9.88 Å². The van der Waals surface area contributed by atoms with Gasteiger partial charge < -0.3 is 15.6 Å². The van der Waals surface area contributed by atoms with Gasteiger partial charge in [0.1, 0.15) is 0 Å². The molecule has 0 saturated carbocycles. The van der Waals surface area contributed by atoms with Crippen LogP contribution in [0.4, 0.5) is 0 Å². The molecule has 1 heterocycles. The minimum Gasteiger partial charge on any atom is -0.350 e. The van der Waals surface area contributed by atoms with Crippen molar-refractivity contribution in [1.29, 1.82) is 0 Å². The number of hydrogen-bond acceptors (Lipinski definition) is 2. The van der Waals surface area contributed by atoms with Crippen LogP contribution in [-0.2, 0) is 20.0 Å². The number of aromatic nitrogens is 1. The number of nitrogens with zero attached hydrogens (tertiary/aromatic N) is 1. The predicted octanol–water partition coefficient (Wildman–Crippen LogP) is 1.76. The number of aryl methyl sites for hydroxylation is 1. The van der Waals surface area contributed by atoms with E-state index in [9.17, 15) is 4.79 Å². The number of rotatable bonds is 5. The lowest BCUT2D eigenvalue weighted by atomic mass is 10.1. The van der Waals surface area contributed by atoms with Gasteiger partial charge >= 0.3 is 0 Å². The fraction of sp³-hybridized carbons (Fsp3) is 0.312. The van der Waals surface area contributed by atoms with Crippen molar-refractivity contribution in [2.24, 2.45) is 12.8 Å². The molecule has 0 saturated heterocycles. The van der Waals surface area contributed by atoms with Gasteiger partial charge in [-0.3, -0.25) is 4.79 Å². The van der Waals surface area contributed by atoms with E-state index < -0.39 is 0 Å². The van der Waals surface area contributed by atoms with Crippen molar-refractivity contribution in [3.8, 4) is 0 Å². The zero-order chi connectivity index (χ0) is 14.5. The maximum atomic E-state index is 12.1. The lowest BCUT2D eigenvalue weighted by molar-refractivity contribution is 0.0950. The number of hydrogen-bond donors (Lipinski definition) is 2. The topological polar surface area (TPSA) is 60.1 Å². The van der Waals surface area contributed by atoms with Crippen LogP contribution in [0.5, 0.6) is 0 Å². The van der Waals surface area contributed by atoms with Crippen molar-refractivity contribution < 1.29 is 4.79 Å². The lowest BCUT2D eigenvalue weighted by Crippen LogP contribution is -2.24. The third-order valence-electron chi connectivity index (χ3n) is 3.56. The Bertz CT molecular complexity index is 584. The Balaban J connectivity index is 1.96. The monoisotopic (exact) mass is 271 g/mol. The van der Waals surface area contributed by atoms with E-state index in [1.54, 1.807) is 0 Å². The van der Waals surface area contributed by atoms with Crippen molar-refractivity contribution in [2.75, 3.05) is 6.54 Å². The van der Waals surface area contributed by atoms with Gasteiger partial charge in [-0.15, -0.1) is 0 Å². The quantitative estimate of drug-likeness (QED) is 0.870. The van der Waals surface area contributed by atoms with Gasteiger partial charge in [0.25, 0.3) is 5.91 Å². The van der Waals surface area contributed by atoms with E-state index >= 15 is 0 Å². The fourth-order valence-corrected chi connectivity index (χ4v) is 2.11. The van der Waals surface area contributed by atoms with Crippen molar-refractivity contribution in [2.45, 2.75) is 19.9 Å². The number of nitrogens with one attached hydrogen (secondary N) is 1. The first-order chi connectivity index (χ1) is 9.61. The van der Waals surface area contributed by atoms with Gasteiger partial charge in [-0.1, -0.05) is 12.1 Å². The second kappa shape index (κ2) is 6.39. The summed E-state index contributed by atoms with van der Waals surface area (Å²) >= 11 is 0. The van der Waals surface area contributed by atoms with Crippen molar-refractivity contribution in [3.63, 3.8) is 0 Å². The summed E-state index contributed by atoms with van der Waals surface area (Å²) in [6.45, 7) is 3.20. The maximum absolute atomic E-state index is 12.1. The molecular weight excluding hydrogens is 250 g/mol. The molecule has 106 valence electrons. The summed E-state index contributed by atoms with van der Waals surface area (Å²) in [5.41, 5.74) is 9.61. The van der Waals surface area contributed by atoms with Crippen LogP contribution in [0.2, 0.25) is 0 Å². The highest BCUT2D eigenvalue weighted by Gasteiger charge is 2.07. The fourth-order valence-electron chi connectivity index (χ4n) is 2.11. The Kier molecular flexibility index (Phi) is 4.58. The normalized spacial score (nSPS) is 10.6. The first-order valence-electron chi connectivity index (χ1n) is 6.80. The standard InChI is InChI=1S/C16H21N3O/c1-12-3-8-15(19(12)2)11-18-16(20)14-6-4-13(5-7-14)9-10-17/h3-8H,9-11,17H2,1-2H3,(H,18,20). The van der Waals surface area contributed by atoms with Gasteiger partial charge in [-0.2, -0.15) is 0 Å². The number of carbonyl (C=O) groups is 1. The molecule has 0 aliphatic carbocycles. The first-order valence-corrected chi connectivity index (χ1v) is 6.80. The smallest absolute Gasteiger partial charge is 0.251 e. The summed E-state index contributed by atoms with van der Waals surface area (Å²) in [4.78, 5) is 12.1. The van der Waals surface area contributed by atoms with Crippen LogP contribution in [0.15, 0.2) is 36.4 Å². The molecule has 0 spiro atoms. The molecule has 1 amide bonds. The molecule has 3 N–H and O–H groups in total. The molecule has 4 heteroatoms. The molecule has 1 aromatic carbocycles. The first kappa shape index (κ1) is 14.3. The zero-order valence-corrected chi connectivity index (χ0v) is 12.0. The Hall–Kier alpha value is -2.07. The molecule has 0 aliphatic rings. The average molecular weight is 271 g/mol. The second-order valence-corrected chi connectivity index (χ2v) is 4.94. The van der Waals surface area contributed by atoms with E-state index in [4.69, 9.17) is 5.73 Å². The largest absolute Gasteiger partial charge is 0.350 e. The molecule has 0 fully saturated rings. The SMILES string of the molecule is Cc1ccc(CNC(=O)c2ccc(CCN)cc2)n1C. The van der Waals surface area contributed by atoms with Crippen LogP contribution in [-0.4, -0.2) is 17.0 Å². The van der Waals surface area contributed by atoms with E-state index in [0.717, 1.165) is 17.7 Å². The average Bonchev–Trinajstić information content (AvgIpc) is 2.77. The summed E-state index contributed by atoms with van der Waals surface area (Å²) in [5.74, 6) is -0.0526. The Morgan fingerprint density at radius 3 is 2.45 bits per heavy atom. The van der Waals surface area contributed by atoms with E-state index in [0.29, 0.717) is 18.7 Å². The predicted molar refractivity (Wildman–Crippen MR) is 80.5 cm³/mol. The number of benzene rings is 1. The molecule has 0 unspecified atom stereocenters. The highest BCUT2D eigenvalue weighted by molar-refractivity contribution is 5.94. The molecule has 0 radical (unpaired) electrons. The number of amides is 1. The molecule has 4 nitrogen and oxygen atoms in total. The second-order valence-electron chi connectivity index (χ2n) is 4.94. The van der Waals surface area contributed by atoms with Crippen molar-refractivity contribution >= 4 is 5.91 Å². The van der Waals surface area contributed by atoms with Crippen LogP contribution < -0.4 is 11.1 Å². The van der Waals surface area contributed by atoms with Crippen molar-refractivity contribution in [1.82, 2.24) is 9.88 Å². The van der Waals surface area contributed by atoms with Gasteiger partial charge in [0, 0.05) is 24.0 Å². The van der Waals surface area contributed by atoms with Crippen LogP contribution in [0.3, 0.4) is 0 Å². The molecule has 1 aromatic heterocycles. The van der Waals surface area contributed by atoms with Gasteiger partial charge in [0.2, 0.25) is 0 Å². The third-order valence-corrected chi connectivity index (χ3v) is 3.56. The summed E-state index contributed by atoms with van der Waals surface area (Å²) in [6.07, 6.45) is 0.838. The lowest BCUT2D eigenvalue weighted by Gasteiger charge is -2.08. The Labute approximate surface area is 119 Å². The summed E-state index contributed by atoms with van der Waals surface area (Å²) < 4.78 is 2.07.